The van der Waals surface area contributed by atoms with Crippen molar-refractivity contribution in [1.82, 2.24) is 15.1 Å². The van der Waals surface area contributed by atoms with Crippen LogP contribution >= 0.6 is 11.6 Å². The zero-order chi connectivity index (χ0) is 20.5. The van der Waals surface area contributed by atoms with Gasteiger partial charge in [0.25, 0.3) is 5.78 Å². The molecule has 1 aliphatic rings. The van der Waals surface area contributed by atoms with Gasteiger partial charge >= 0.3 is 5.91 Å². The topological polar surface area (TPSA) is 79.5 Å². The van der Waals surface area contributed by atoms with Gasteiger partial charge in [-0.2, -0.15) is 0 Å². The van der Waals surface area contributed by atoms with Crippen LogP contribution in [0.3, 0.4) is 0 Å². The number of rotatable bonds is 6. The number of amides is 1. The van der Waals surface area contributed by atoms with Crippen molar-refractivity contribution in [2.45, 2.75) is 26.4 Å². The molecule has 0 radical (unpaired) electrons. The lowest BCUT2D eigenvalue weighted by atomic mass is 10.1. The fourth-order valence-electron chi connectivity index (χ4n) is 3.17. The Morgan fingerprint density at radius 3 is 2.52 bits per heavy atom. The van der Waals surface area contributed by atoms with Crippen LogP contribution in [0.2, 0.25) is 5.02 Å². The number of aromatic nitrogens is 2. The van der Waals surface area contributed by atoms with Crippen LogP contribution in [0.5, 0.6) is 0 Å². The lowest BCUT2D eigenvalue weighted by Gasteiger charge is -2.29. The first-order valence-corrected chi connectivity index (χ1v) is 9.59. The molecule has 1 amide bonds. The number of nitrogens with zero attached hydrogens (tertiary/aromatic N) is 4. The molecule has 2 heterocycles. The molecule has 1 aliphatic heterocycles. The van der Waals surface area contributed by atoms with E-state index in [9.17, 15) is 9.59 Å². The van der Waals surface area contributed by atoms with Gasteiger partial charge in [0.15, 0.2) is 0 Å². The van der Waals surface area contributed by atoms with E-state index in [1.165, 1.54) is 4.90 Å². The summed E-state index contributed by atoms with van der Waals surface area (Å²) in [6, 6.07) is 14.2. The fourth-order valence-corrected chi connectivity index (χ4v) is 3.29. The predicted molar refractivity (Wildman–Crippen MR) is 109 cm³/mol. The van der Waals surface area contributed by atoms with E-state index in [2.05, 4.69) is 10.2 Å². The van der Waals surface area contributed by atoms with Gasteiger partial charge in [-0.3, -0.25) is 19.4 Å². The monoisotopic (exact) mass is 410 g/mol. The SMILES string of the molecule is CC(C)N(Cc1nnc(-c2ccc(Cl)cc2)o1)CN1C(=O)C(=O)c2ccccc21. The molecule has 0 fully saturated rings. The van der Waals surface area contributed by atoms with Crippen molar-refractivity contribution in [2.24, 2.45) is 0 Å². The lowest BCUT2D eigenvalue weighted by molar-refractivity contribution is -0.114. The van der Waals surface area contributed by atoms with Crippen molar-refractivity contribution in [3.05, 3.63) is 65.0 Å². The summed E-state index contributed by atoms with van der Waals surface area (Å²) in [5, 5.41) is 8.86. The Kier molecular flexibility index (Phi) is 5.17. The van der Waals surface area contributed by atoms with Crippen molar-refractivity contribution in [3.8, 4) is 11.5 Å². The molecule has 0 saturated carbocycles. The average molecular weight is 411 g/mol. The minimum atomic E-state index is -0.524. The number of ketones is 1. The third kappa shape index (κ3) is 3.79. The molecule has 0 aliphatic carbocycles. The maximum Gasteiger partial charge on any atom is 0.300 e. The van der Waals surface area contributed by atoms with Gasteiger partial charge in [-0.15, -0.1) is 10.2 Å². The number of anilines is 1. The Balaban J connectivity index is 1.53. The summed E-state index contributed by atoms with van der Waals surface area (Å²) in [4.78, 5) is 28.2. The Morgan fingerprint density at radius 1 is 1.07 bits per heavy atom. The first kappa shape index (κ1) is 19.3. The Hall–Kier alpha value is -3.03. The summed E-state index contributed by atoms with van der Waals surface area (Å²) < 4.78 is 5.79. The molecule has 0 saturated heterocycles. The van der Waals surface area contributed by atoms with Crippen LogP contribution in [0.1, 0.15) is 30.1 Å². The van der Waals surface area contributed by atoms with E-state index >= 15 is 0 Å². The van der Waals surface area contributed by atoms with Crippen molar-refractivity contribution in [3.63, 3.8) is 0 Å². The van der Waals surface area contributed by atoms with Crippen LogP contribution in [0.4, 0.5) is 5.69 Å². The minimum Gasteiger partial charge on any atom is -0.419 e. The van der Waals surface area contributed by atoms with Crippen LogP contribution in [-0.4, -0.2) is 39.5 Å². The van der Waals surface area contributed by atoms with Crippen LogP contribution < -0.4 is 4.90 Å². The number of carbonyl (C=O) groups is 2. The summed E-state index contributed by atoms with van der Waals surface area (Å²) >= 11 is 5.92. The first-order valence-electron chi connectivity index (χ1n) is 9.21. The number of fused-ring (bicyclic) bond motifs is 1. The smallest absolute Gasteiger partial charge is 0.300 e. The number of para-hydroxylation sites is 1. The number of Topliss-reactive ketones (excluding diaryl/α,β-unsaturated/α-hetero) is 1. The Bertz CT molecular complexity index is 1060. The molecule has 148 valence electrons. The molecule has 7 nitrogen and oxygen atoms in total. The Morgan fingerprint density at radius 2 is 1.79 bits per heavy atom. The van der Waals surface area contributed by atoms with Gasteiger partial charge in [-0.1, -0.05) is 23.7 Å². The molecule has 0 spiro atoms. The van der Waals surface area contributed by atoms with E-state index in [1.54, 1.807) is 30.3 Å². The molecule has 4 rings (SSSR count). The van der Waals surface area contributed by atoms with Gasteiger partial charge < -0.3 is 4.42 Å². The fraction of sp³-hybridized carbons (Fsp3) is 0.238. The van der Waals surface area contributed by atoms with Gasteiger partial charge in [0.1, 0.15) is 0 Å². The average Bonchev–Trinajstić information content (AvgIpc) is 3.27. The van der Waals surface area contributed by atoms with Crippen LogP contribution in [0.15, 0.2) is 52.9 Å². The minimum absolute atomic E-state index is 0.0801. The lowest BCUT2D eigenvalue weighted by Crippen LogP contribution is -2.43. The standard InChI is InChI=1S/C21H19ClN4O3/c1-13(2)25(12-26-17-6-4-3-5-16(17)19(27)21(26)28)11-18-23-24-20(29-18)14-7-9-15(22)10-8-14/h3-10,13H,11-12H2,1-2H3. The highest BCUT2D eigenvalue weighted by atomic mass is 35.5. The molecule has 2 aromatic carbocycles. The van der Waals surface area contributed by atoms with E-state index in [0.717, 1.165) is 5.56 Å². The van der Waals surface area contributed by atoms with Crippen molar-refractivity contribution in [1.29, 1.82) is 0 Å². The van der Waals surface area contributed by atoms with E-state index in [-0.39, 0.29) is 12.7 Å². The third-order valence-corrected chi connectivity index (χ3v) is 5.08. The van der Waals surface area contributed by atoms with Crippen molar-refractivity contribution < 1.29 is 14.0 Å². The van der Waals surface area contributed by atoms with Crippen LogP contribution in [-0.2, 0) is 11.3 Å². The van der Waals surface area contributed by atoms with Gasteiger partial charge in [0.2, 0.25) is 11.8 Å². The Labute approximate surface area is 172 Å². The quantitative estimate of drug-likeness (QED) is 0.575. The number of benzene rings is 2. The van der Waals surface area contributed by atoms with Gasteiger partial charge in [-0.05, 0) is 50.2 Å². The summed E-state index contributed by atoms with van der Waals surface area (Å²) in [6.45, 7) is 4.60. The number of hydrogen-bond donors (Lipinski definition) is 0. The largest absolute Gasteiger partial charge is 0.419 e. The molecule has 29 heavy (non-hydrogen) atoms. The molecule has 1 aromatic heterocycles. The normalized spacial score (nSPS) is 13.6. The zero-order valence-electron chi connectivity index (χ0n) is 16.0. The second kappa shape index (κ2) is 7.77. The van der Waals surface area contributed by atoms with E-state index in [1.807, 2.05) is 36.9 Å². The summed E-state index contributed by atoms with van der Waals surface area (Å²) in [7, 11) is 0. The molecule has 0 atom stereocenters. The highest BCUT2D eigenvalue weighted by molar-refractivity contribution is 6.52. The molecule has 3 aromatic rings. The summed E-state index contributed by atoms with van der Waals surface area (Å²) in [6.07, 6.45) is 0. The second-order valence-electron chi connectivity index (χ2n) is 7.07. The number of hydrogen-bond acceptors (Lipinski definition) is 6. The second-order valence-corrected chi connectivity index (χ2v) is 7.51. The zero-order valence-corrected chi connectivity index (χ0v) is 16.8. The number of carbonyl (C=O) groups excluding carboxylic acids is 2. The molecular weight excluding hydrogens is 392 g/mol. The molecular formula is C21H19ClN4O3. The molecule has 0 bridgehead atoms. The van der Waals surface area contributed by atoms with Crippen LogP contribution in [0, 0.1) is 0 Å². The van der Waals surface area contributed by atoms with E-state index in [4.69, 9.17) is 16.0 Å². The van der Waals surface area contributed by atoms with E-state index in [0.29, 0.717) is 34.6 Å². The third-order valence-electron chi connectivity index (χ3n) is 4.83. The highest BCUT2D eigenvalue weighted by Gasteiger charge is 2.36. The predicted octanol–water partition coefficient (Wildman–Crippen LogP) is 3.79. The number of halogens is 1. The highest BCUT2D eigenvalue weighted by Crippen LogP contribution is 2.29. The van der Waals surface area contributed by atoms with Crippen molar-refractivity contribution in [2.75, 3.05) is 11.6 Å². The summed E-state index contributed by atoms with van der Waals surface area (Å²) in [5.41, 5.74) is 1.84. The van der Waals surface area contributed by atoms with Crippen LogP contribution in [0.25, 0.3) is 11.5 Å². The maximum absolute atomic E-state index is 12.5. The molecule has 0 N–H and O–H groups in total. The van der Waals surface area contributed by atoms with Gasteiger partial charge in [-0.25, -0.2) is 0 Å². The maximum atomic E-state index is 12.5. The molecule has 8 heteroatoms. The van der Waals surface area contributed by atoms with E-state index < -0.39 is 11.7 Å². The van der Waals surface area contributed by atoms with Crippen molar-refractivity contribution >= 4 is 29.0 Å². The first-order chi connectivity index (χ1) is 13.9. The molecule has 0 unspecified atom stereocenters. The summed E-state index contributed by atoms with van der Waals surface area (Å²) in [5.74, 6) is -0.176. The van der Waals surface area contributed by atoms with Gasteiger partial charge in [0.05, 0.1) is 24.5 Å². The van der Waals surface area contributed by atoms with Gasteiger partial charge in [0, 0.05) is 16.6 Å².